The van der Waals surface area contributed by atoms with E-state index in [1.54, 1.807) is 17.1 Å². The molecule has 34 heavy (non-hydrogen) atoms. The molecule has 176 valence electrons. The fraction of sp³-hybridized carbons (Fsp3) is 0.346. The molecule has 3 aromatic heterocycles. The molecule has 0 bridgehead atoms. The first-order chi connectivity index (χ1) is 16.4. The van der Waals surface area contributed by atoms with Crippen LogP contribution in [0.4, 0.5) is 11.5 Å². The summed E-state index contributed by atoms with van der Waals surface area (Å²) in [6.45, 7) is 8.21. The number of hydrogen-bond acceptors (Lipinski definition) is 6. The topological polar surface area (TPSA) is 97.0 Å². The second-order valence-corrected chi connectivity index (χ2v) is 9.40. The Morgan fingerprint density at radius 2 is 2.00 bits per heavy atom. The summed E-state index contributed by atoms with van der Waals surface area (Å²) in [6, 6.07) is 12.1. The van der Waals surface area contributed by atoms with E-state index >= 15 is 0 Å². The zero-order chi connectivity index (χ0) is 23.9. The molecule has 5 rings (SSSR count). The minimum absolute atomic E-state index is 0.0225. The monoisotopic (exact) mass is 458 g/mol. The molecule has 0 amide bonds. The molecule has 8 heteroatoms. The molecule has 0 unspecified atom stereocenters. The van der Waals surface area contributed by atoms with E-state index in [0.29, 0.717) is 17.7 Å². The molecule has 1 aromatic carbocycles. The normalized spacial score (nSPS) is 13.8. The minimum Gasteiger partial charge on any atom is -0.395 e. The maximum absolute atomic E-state index is 13.1. The summed E-state index contributed by atoms with van der Waals surface area (Å²) in [4.78, 5) is 22.1. The van der Waals surface area contributed by atoms with Crippen LogP contribution in [0.15, 0.2) is 53.6 Å². The van der Waals surface area contributed by atoms with Crippen LogP contribution < -0.4 is 16.2 Å². The number of hydrogen-bond donors (Lipinski definition) is 3. The quantitative estimate of drug-likeness (QED) is 0.410. The number of aliphatic hydroxyl groups is 1. The Bertz CT molecular complexity index is 1420. The number of aromatic nitrogens is 4. The van der Waals surface area contributed by atoms with E-state index in [0.717, 1.165) is 42.1 Å². The summed E-state index contributed by atoms with van der Waals surface area (Å²) < 4.78 is 3.62. The van der Waals surface area contributed by atoms with Crippen LogP contribution in [0.25, 0.3) is 16.6 Å². The van der Waals surface area contributed by atoms with Gasteiger partial charge in [-0.25, -0.2) is 14.3 Å². The van der Waals surface area contributed by atoms with Crippen LogP contribution in [0.2, 0.25) is 0 Å². The van der Waals surface area contributed by atoms with Gasteiger partial charge >= 0.3 is 0 Å². The Kier molecular flexibility index (Phi) is 5.71. The maximum Gasteiger partial charge on any atom is 0.276 e. The van der Waals surface area contributed by atoms with Gasteiger partial charge < -0.3 is 15.7 Å². The third-order valence-electron chi connectivity index (χ3n) is 6.56. The van der Waals surface area contributed by atoms with Gasteiger partial charge in [-0.15, -0.1) is 0 Å². The third-order valence-corrected chi connectivity index (χ3v) is 6.56. The smallest absolute Gasteiger partial charge is 0.276 e. The highest BCUT2D eigenvalue weighted by Crippen LogP contribution is 2.26. The summed E-state index contributed by atoms with van der Waals surface area (Å²) in [5.41, 5.74) is 5.42. The fourth-order valence-corrected chi connectivity index (χ4v) is 4.48. The number of nitrogens with zero attached hydrogens (tertiary/aromatic N) is 4. The number of fused-ring (bicyclic) bond motifs is 2. The first kappa shape index (κ1) is 22.3. The number of nitrogens with one attached hydrogen (secondary N) is 2. The van der Waals surface area contributed by atoms with Gasteiger partial charge in [0.2, 0.25) is 0 Å². The summed E-state index contributed by atoms with van der Waals surface area (Å²) >= 11 is 0. The second-order valence-electron chi connectivity index (χ2n) is 9.40. The lowest BCUT2D eigenvalue weighted by molar-refractivity contribution is 0.215. The number of anilines is 2. The molecule has 1 aliphatic rings. The van der Waals surface area contributed by atoms with Crippen LogP contribution in [0, 0.1) is 0 Å². The van der Waals surface area contributed by atoms with Crippen LogP contribution in [0.1, 0.15) is 37.6 Å². The molecular weight excluding hydrogens is 428 g/mol. The molecule has 4 heterocycles. The molecule has 0 saturated carbocycles. The largest absolute Gasteiger partial charge is 0.395 e. The number of rotatable bonds is 6. The van der Waals surface area contributed by atoms with Crippen molar-refractivity contribution in [2.75, 3.05) is 18.5 Å². The molecule has 0 fully saturated rings. The highest BCUT2D eigenvalue weighted by atomic mass is 16.3. The third kappa shape index (κ3) is 3.89. The van der Waals surface area contributed by atoms with Crippen molar-refractivity contribution in [1.82, 2.24) is 24.6 Å². The highest BCUT2D eigenvalue weighted by Gasteiger charge is 2.23. The summed E-state index contributed by atoms with van der Waals surface area (Å²) in [5, 5.41) is 17.2. The van der Waals surface area contributed by atoms with Gasteiger partial charge in [0.05, 0.1) is 28.9 Å². The van der Waals surface area contributed by atoms with Gasteiger partial charge in [-0.05, 0) is 55.3 Å². The molecular formula is C26H30N6O2. The molecule has 8 nitrogen and oxygen atoms in total. The summed E-state index contributed by atoms with van der Waals surface area (Å²) in [5.74, 6) is 0.674. The number of pyridine rings is 2. The van der Waals surface area contributed by atoms with E-state index < -0.39 is 5.41 Å². The molecule has 0 atom stereocenters. The molecule has 4 aromatic rings. The number of benzene rings is 1. The van der Waals surface area contributed by atoms with Crippen molar-refractivity contribution < 1.29 is 5.11 Å². The lowest BCUT2D eigenvalue weighted by atomic mass is 9.90. The SMILES string of the molecule is CCn1c(=O)c2cnc(Nc3ccc4c(c3)CCNC4)cc2n1-c1ccnc(C(C)(C)CO)c1. The average molecular weight is 459 g/mol. The molecule has 0 saturated heterocycles. The van der Waals surface area contributed by atoms with Gasteiger partial charge in [0, 0.05) is 42.7 Å². The van der Waals surface area contributed by atoms with Gasteiger partial charge in [-0.2, -0.15) is 0 Å². The van der Waals surface area contributed by atoms with Gasteiger partial charge in [0.25, 0.3) is 5.56 Å². The fourth-order valence-electron chi connectivity index (χ4n) is 4.48. The van der Waals surface area contributed by atoms with Crippen molar-refractivity contribution in [2.24, 2.45) is 0 Å². The Balaban J connectivity index is 1.60. The number of aliphatic hydroxyl groups excluding tert-OH is 1. The molecule has 0 aliphatic carbocycles. The Labute approximate surface area is 198 Å². The zero-order valence-electron chi connectivity index (χ0n) is 19.8. The van der Waals surface area contributed by atoms with Crippen LogP contribution >= 0.6 is 0 Å². The predicted molar refractivity (Wildman–Crippen MR) is 134 cm³/mol. The summed E-state index contributed by atoms with van der Waals surface area (Å²) in [7, 11) is 0. The van der Waals surface area contributed by atoms with E-state index in [1.807, 2.05) is 43.7 Å². The molecule has 0 spiro atoms. The second kappa shape index (κ2) is 8.70. The van der Waals surface area contributed by atoms with Crippen molar-refractivity contribution in [1.29, 1.82) is 0 Å². The maximum atomic E-state index is 13.1. The first-order valence-electron chi connectivity index (χ1n) is 11.7. The van der Waals surface area contributed by atoms with E-state index in [1.165, 1.54) is 11.1 Å². The lowest BCUT2D eigenvalue weighted by Gasteiger charge is -2.22. The first-order valence-corrected chi connectivity index (χ1v) is 11.7. The van der Waals surface area contributed by atoms with Crippen molar-refractivity contribution in [3.8, 4) is 5.69 Å². The summed E-state index contributed by atoms with van der Waals surface area (Å²) in [6.07, 6.45) is 4.37. The van der Waals surface area contributed by atoms with Gasteiger partial charge in [-0.1, -0.05) is 19.9 Å². The zero-order valence-corrected chi connectivity index (χ0v) is 19.8. The van der Waals surface area contributed by atoms with Crippen LogP contribution in [-0.4, -0.2) is 37.6 Å². The minimum atomic E-state index is -0.494. The van der Waals surface area contributed by atoms with E-state index in [4.69, 9.17) is 0 Å². The van der Waals surface area contributed by atoms with Crippen LogP contribution in [0.5, 0.6) is 0 Å². The van der Waals surface area contributed by atoms with Crippen molar-refractivity contribution >= 4 is 22.4 Å². The van der Waals surface area contributed by atoms with Gasteiger partial charge in [0.1, 0.15) is 5.82 Å². The molecule has 3 N–H and O–H groups in total. The molecule has 0 radical (unpaired) electrons. The van der Waals surface area contributed by atoms with Crippen LogP contribution in [-0.2, 0) is 24.9 Å². The Hall–Kier alpha value is -3.49. The molecule has 1 aliphatic heterocycles. The predicted octanol–water partition coefficient (Wildman–Crippen LogP) is 3.26. The Morgan fingerprint density at radius 3 is 2.79 bits per heavy atom. The average Bonchev–Trinajstić information content (AvgIpc) is 3.14. The van der Waals surface area contributed by atoms with Crippen molar-refractivity contribution in [2.45, 2.75) is 45.7 Å². The highest BCUT2D eigenvalue weighted by molar-refractivity contribution is 5.82. The van der Waals surface area contributed by atoms with Gasteiger partial charge in [-0.3, -0.25) is 9.78 Å². The van der Waals surface area contributed by atoms with Crippen molar-refractivity contribution in [3.63, 3.8) is 0 Å². The van der Waals surface area contributed by atoms with E-state index in [9.17, 15) is 9.90 Å². The standard InChI is InChI=1S/C26H30N6O2/c1-4-31-25(34)21-15-29-24(30-19-6-5-18-14-27-9-7-17(18)11-19)13-22(21)32(31)20-8-10-28-23(12-20)26(2,3)16-33/h5-6,8,10-13,15,27,33H,4,7,9,14,16H2,1-3H3,(H,29,30). The Morgan fingerprint density at radius 1 is 1.15 bits per heavy atom. The lowest BCUT2D eigenvalue weighted by Crippen LogP contribution is -2.25. The van der Waals surface area contributed by atoms with E-state index in [-0.39, 0.29) is 12.2 Å². The van der Waals surface area contributed by atoms with E-state index in [2.05, 4.69) is 38.8 Å². The van der Waals surface area contributed by atoms with Crippen LogP contribution in [0.3, 0.4) is 0 Å². The van der Waals surface area contributed by atoms with Crippen molar-refractivity contribution in [3.05, 3.63) is 76.0 Å². The van der Waals surface area contributed by atoms with Gasteiger partial charge in [0.15, 0.2) is 0 Å².